The van der Waals surface area contributed by atoms with Crippen LogP contribution in [-0.2, 0) is 9.53 Å². The van der Waals surface area contributed by atoms with E-state index in [-0.39, 0.29) is 5.97 Å². The van der Waals surface area contributed by atoms with E-state index >= 15 is 0 Å². The minimum absolute atomic E-state index is 0.249. The number of rotatable bonds is 4. The molecule has 11 heavy (non-hydrogen) atoms. The van der Waals surface area contributed by atoms with Gasteiger partial charge < -0.3 is 4.74 Å². The summed E-state index contributed by atoms with van der Waals surface area (Å²) in [5.74, 6) is -0.249. The highest BCUT2D eigenvalue weighted by atomic mass is 32.2. The second-order valence-corrected chi connectivity index (χ2v) is 3.35. The minimum atomic E-state index is -0.249. The standard InChI is InChI=1S/C7H10BO2S/c1-2-10-7(9)3-4-11-6-5-8-6/h3-4,6H,2,5H2,1H3/b4-3+. The predicted octanol–water partition coefficient (Wildman–Crippen LogP) is 1.26. The summed E-state index contributed by atoms with van der Waals surface area (Å²) >= 11 is 1.66. The van der Waals surface area contributed by atoms with Crippen LogP contribution in [0.15, 0.2) is 11.5 Å². The van der Waals surface area contributed by atoms with Gasteiger partial charge in [-0.3, -0.25) is 0 Å². The Hall–Kier alpha value is -0.375. The first-order valence-corrected chi connectivity index (χ1v) is 4.59. The SMILES string of the molecule is CCOC(=O)/C=C/SC1[B]C1. The average Bonchev–Trinajstić information content (AvgIpc) is 2.72. The van der Waals surface area contributed by atoms with Gasteiger partial charge in [-0.2, -0.15) is 0 Å². The van der Waals surface area contributed by atoms with Gasteiger partial charge in [0.25, 0.3) is 0 Å². The number of carbonyl (C=O) groups is 1. The van der Waals surface area contributed by atoms with Crippen molar-refractivity contribution in [3.63, 3.8) is 0 Å². The lowest BCUT2D eigenvalue weighted by molar-refractivity contribution is -0.137. The number of ether oxygens (including phenoxy) is 1. The van der Waals surface area contributed by atoms with E-state index in [4.69, 9.17) is 4.74 Å². The Morgan fingerprint density at radius 1 is 1.91 bits per heavy atom. The van der Waals surface area contributed by atoms with Crippen LogP contribution >= 0.6 is 11.8 Å². The van der Waals surface area contributed by atoms with Crippen LogP contribution in [0.3, 0.4) is 0 Å². The Labute approximate surface area is 71.6 Å². The maximum Gasteiger partial charge on any atom is 0.331 e. The average molecular weight is 169 g/mol. The lowest BCUT2D eigenvalue weighted by atomic mass is 10.1. The van der Waals surface area contributed by atoms with E-state index in [1.165, 1.54) is 6.08 Å². The third-order valence-corrected chi connectivity index (χ3v) is 2.20. The van der Waals surface area contributed by atoms with Crippen molar-refractivity contribution in [2.75, 3.05) is 6.61 Å². The molecule has 4 heteroatoms. The summed E-state index contributed by atoms with van der Waals surface area (Å²) in [6, 6.07) is 0. The van der Waals surface area contributed by atoms with Crippen molar-refractivity contribution in [1.29, 1.82) is 0 Å². The molecule has 1 aliphatic heterocycles. The van der Waals surface area contributed by atoms with Gasteiger partial charge in [0.05, 0.1) is 6.61 Å². The molecule has 59 valence electrons. The van der Waals surface area contributed by atoms with Gasteiger partial charge in [0, 0.05) is 6.08 Å². The van der Waals surface area contributed by atoms with E-state index < -0.39 is 0 Å². The quantitative estimate of drug-likeness (QED) is 0.360. The van der Waals surface area contributed by atoms with Crippen molar-refractivity contribution in [1.82, 2.24) is 0 Å². The molecule has 1 fully saturated rings. The molecule has 0 aromatic heterocycles. The van der Waals surface area contributed by atoms with Gasteiger partial charge in [0.15, 0.2) is 0 Å². The van der Waals surface area contributed by atoms with Gasteiger partial charge in [-0.05, 0) is 17.5 Å². The van der Waals surface area contributed by atoms with E-state index in [1.807, 2.05) is 0 Å². The first-order chi connectivity index (χ1) is 5.33. The fourth-order valence-corrected chi connectivity index (χ4v) is 1.28. The normalized spacial score (nSPS) is 21.4. The van der Waals surface area contributed by atoms with Gasteiger partial charge in [0.2, 0.25) is 0 Å². The third kappa shape index (κ3) is 4.14. The largest absolute Gasteiger partial charge is 0.463 e. The van der Waals surface area contributed by atoms with Gasteiger partial charge in [-0.25, -0.2) is 4.79 Å². The first kappa shape index (κ1) is 8.72. The van der Waals surface area contributed by atoms with Gasteiger partial charge in [-0.1, -0.05) is 6.32 Å². The molecular weight excluding hydrogens is 159 g/mol. The lowest BCUT2D eigenvalue weighted by Gasteiger charge is -1.93. The van der Waals surface area contributed by atoms with Gasteiger partial charge in [0.1, 0.15) is 7.28 Å². The molecule has 0 aromatic carbocycles. The molecule has 1 radical (unpaired) electrons. The minimum Gasteiger partial charge on any atom is -0.463 e. The summed E-state index contributed by atoms with van der Waals surface area (Å²) < 4.78 is 4.69. The summed E-state index contributed by atoms with van der Waals surface area (Å²) in [4.78, 5) is 10.7. The maximum atomic E-state index is 10.7. The Morgan fingerprint density at radius 3 is 3.18 bits per heavy atom. The van der Waals surface area contributed by atoms with Crippen molar-refractivity contribution in [2.24, 2.45) is 0 Å². The third-order valence-electron chi connectivity index (χ3n) is 1.17. The second-order valence-electron chi connectivity index (χ2n) is 2.20. The molecule has 0 spiro atoms. The molecule has 1 rings (SSSR count). The van der Waals surface area contributed by atoms with Crippen LogP contribution in [-0.4, -0.2) is 25.0 Å². The fraction of sp³-hybridized carbons (Fsp3) is 0.571. The first-order valence-electron chi connectivity index (χ1n) is 3.65. The second kappa shape index (κ2) is 4.49. The van der Waals surface area contributed by atoms with E-state index in [2.05, 4.69) is 7.28 Å². The molecule has 1 heterocycles. The summed E-state index contributed by atoms with van der Waals surface area (Å²) in [5.41, 5.74) is 0. The fourth-order valence-electron chi connectivity index (χ4n) is 0.553. The van der Waals surface area contributed by atoms with E-state index in [9.17, 15) is 4.79 Å². The number of esters is 1. The van der Waals surface area contributed by atoms with Crippen LogP contribution in [0.2, 0.25) is 6.32 Å². The highest BCUT2D eigenvalue weighted by Gasteiger charge is 2.22. The zero-order valence-corrected chi connectivity index (χ0v) is 7.26. The summed E-state index contributed by atoms with van der Waals surface area (Å²) in [5, 5.41) is 2.44. The zero-order chi connectivity index (χ0) is 8.10. The molecule has 1 saturated heterocycles. The smallest absolute Gasteiger partial charge is 0.331 e. The Balaban J connectivity index is 2.06. The topological polar surface area (TPSA) is 26.3 Å². The summed E-state index contributed by atoms with van der Waals surface area (Å²) in [6.07, 6.45) is 2.64. The van der Waals surface area contributed by atoms with E-state index in [0.29, 0.717) is 11.8 Å². The Kier molecular flexibility index (Phi) is 3.56. The molecule has 0 aliphatic carbocycles. The molecule has 0 saturated carbocycles. The molecule has 2 nitrogen and oxygen atoms in total. The molecule has 1 atom stereocenters. The highest BCUT2D eigenvalue weighted by molar-refractivity contribution is 8.04. The number of carbonyl (C=O) groups excluding carboxylic acids is 1. The van der Waals surface area contributed by atoms with E-state index in [1.54, 1.807) is 24.1 Å². The highest BCUT2D eigenvalue weighted by Crippen LogP contribution is 2.26. The van der Waals surface area contributed by atoms with Crippen molar-refractivity contribution in [3.05, 3.63) is 11.5 Å². The maximum absolute atomic E-state index is 10.7. The number of hydrogen-bond acceptors (Lipinski definition) is 3. The molecular formula is C7H10BO2S. The van der Waals surface area contributed by atoms with Crippen LogP contribution in [0.5, 0.6) is 0 Å². The monoisotopic (exact) mass is 169 g/mol. The predicted molar refractivity (Wildman–Crippen MR) is 47.7 cm³/mol. The Bertz CT molecular complexity index is 166. The van der Waals surface area contributed by atoms with Crippen molar-refractivity contribution in [2.45, 2.75) is 18.4 Å². The van der Waals surface area contributed by atoms with Crippen LogP contribution < -0.4 is 0 Å². The summed E-state index contributed by atoms with van der Waals surface area (Å²) in [7, 11) is 2.19. The number of hydrogen-bond donors (Lipinski definition) is 0. The zero-order valence-electron chi connectivity index (χ0n) is 6.45. The van der Waals surface area contributed by atoms with Gasteiger partial charge >= 0.3 is 5.97 Å². The molecule has 1 aliphatic rings. The van der Waals surface area contributed by atoms with Crippen LogP contribution in [0.1, 0.15) is 6.92 Å². The van der Waals surface area contributed by atoms with Gasteiger partial charge in [-0.15, -0.1) is 11.8 Å². The molecule has 0 amide bonds. The van der Waals surface area contributed by atoms with Crippen LogP contribution in [0.25, 0.3) is 0 Å². The molecule has 0 bridgehead atoms. The molecule has 0 N–H and O–H groups in total. The Morgan fingerprint density at radius 2 is 2.64 bits per heavy atom. The van der Waals surface area contributed by atoms with Crippen LogP contribution in [0, 0.1) is 0 Å². The van der Waals surface area contributed by atoms with Crippen molar-refractivity contribution in [3.8, 4) is 0 Å². The number of thioether (sulfide) groups is 1. The summed E-state index contributed by atoms with van der Waals surface area (Å²) in [6.45, 7) is 2.25. The van der Waals surface area contributed by atoms with E-state index in [0.717, 1.165) is 6.32 Å². The molecule has 1 unspecified atom stereocenters. The van der Waals surface area contributed by atoms with Crippen molar-refractivity contribution < 1.29 is 9.53 Å². The lowest BCUT2D eigenvalue weighted by Crippen LogP contribution is -1.98. The van der Waals surface area contributed by atoms with Crippen LogP contribution in [0.4, 0.5) is 0 Å². The molecule has 0 aromatic rings. The van der Waals surface area contributed by atoms with Crippen molar-refractivity contribution >= 4 is 25.0 Å².